The zero-order valence-corrected chi connectivity index (χ0v) is 46.9. The molecule has 0 saturated carbocycles. The van der Waals surface area contributed by atoms with Crippen molar-refractivity contribution < 1.29 is 28.8 Å². The third kappa shape index (κ3) is 23.4. The molecular formula is C57H86N18O6. The van der Waals surface area contributed by atoms with Crippen LogP contribution in [0.15, 0.2) is 81.0 Å². The molecule has 0 radical (unpaired) electrons. The van der Waals surface area contributed by atoms with Gasteiger partial charge in [-0.25, -0.2) is 24.9 Å². The number of carbonyl (C=O) groups is 6. The highest BCUT2D eigenvalue weighted by molar-refractivity contribution is 5.97. The van der Waals surface area contributed by atoms with Gasteiger partial charge in [-0.3, -0.25) is 28.8 Å². The van der Waals surface area contributed by atoms with Crippen molar-refractivity contribution in [3.05, 3.63) is 115 Å². The van der Waals surface area contributed by atoms with Crippen LogP contribution in [0.3, 0.4) is 0 Å². The van der Waals surface area contributed by atoms with Gasteiger partial charge in [-0.2, -0.15) is 0 Å². The van der Waals surface area contributed by atoms with Gasteiger partial charge in [-0.05, 0) is 18.6 Å². The molecule has 0 bridgehead atoms. The van der Waals surface area contributed by atoms with Crippen LogP contribution < -0.4 is 37.6 Å². The molecule has 6 rings (SSSR count). The molecule has 0 saturated heterocycles. The Morgan fingerprint density at radius 2 is 0.679 bits per heavy atom. The Morgan fingerprint density at radius 1 is 0.383 bits per heavy atom. The van der Waals surface area contributed by atoms with Gasteiger partial charge in [0.05, 0.1) is 37.7 Å². The van der Waals surface area contributed by atoms with Crippen molar-refractivity contribution in [2.45, 2.75) is 197 Å². The minimum atomic E-state index is -1.32. The number of hydrogen-bond donors (Lipinski definition) is 13. The second-order valence-electron chi connectivity index (χ2n) is 21.0. The van der Waals surface area contributed by atoms with E-state index in [2.05, 4.69) is 93.6 Å². The van der Waals surface area contributed by atoms with E-state index in [1.807, 2.05) is 0 Å². The number of nitrogens with one attached hydrogen (secondary N) is 12. The number of H-pyrrole nitrogens is 6. The summed E-state index contributed by atoms with van der Waals surface area (Å²) < 4.78 is 0. The SMILES string of the molecule is CCCCCCCCCCCCCCCCCCCCNC(=O)C(Cc1cnc[nH]1)NC(=O)C(Cc1cnc[nH]1)NC(=O)C(Cc1ccc[nH]1)NC(=O)C(Cc1cnc[nH]1)NC(=O)C(Cc1cnc[nH]1)NC(=O)C(N)Cc1cnc[nH]1. The Balaban J connectivity index is 1.06. The van der Waals surface area contributed by atoms with Gasteiger partial charge in [0.25, 0.3) is 0 Å². The van der Waals surface area contributed by atoms with Crippen molar-refractivity contribution in [3.63, 3.8) is 0 Å². The summed E-state index contributed by atoms with van der Waals surface area (Å²) in [5.74, 6) is -3.88. The molecular weight excluding hydrogens is 1030 g/mol. The smallest absolute Gasteiger partial charge is 0.243 e. The van der Waals surface area contributed by atoms with Crippen LogP contribution in [-0.4, -0.2) is 133 Å². The minimum Gasteiger partial charge on any atom is -0.365 e. The zero-order valence-electron chi connectivity index (χ0n) is 46.9. The molecule has 6 unspecified atom stereocenters. The second-order valence-corrected chi connectivity index (χ2v) is 21.0. The van der Waals surface area contributed by atoms with Gasteiger partial charge in [0.1, 0.15) is 30.2 Å². The van der Waals surface area contributed by atoms with E-state index in [0.29, 0.717) is 40.7 Å². The fourth-order valence-corrected chi connectivity index (χ4v) is 9.68. The molecule has 0 spiro atoms. The predicted molar refractivity (Wildman–Crippen MR) is 305 cm³/mol. The van der Waals surface area contributed by atoms with Crippen molar-refractivity contribution in [2.75, 3.05) is 6.54 Å². The number of amides is 6. The number of hydrogen-bond acceptors (Lipinski definition) is 12. The van der Waals surface area contributed by atoms with Crippen LogP contribution in [0.5, 0.6) is 0 Å². The average molecular weight is 1120 g/mol. The Hall–Kier alpha value is -7.89. The molecule has 6 aromatic rings. The van der Waals surface area contributed by atoms with Crippen LogP contribution in [-0.2, 0) is 67.3 Å². The molecule has 6 atom stereocenters. The third-order valence-electron chi connectivity index (χ3n) is 14.3. The first-order chi connectivity index (χ1) is 39.5. The Bertz CT molecular complexity index is 2640. The van der Waals surface area contributed by atoms with Gasteiger partial charge in [0, 0.05) is 116 Å². The quantitative estimate of drug-likeness (QED) is 0.0239. The molecule has 24 heteroatoms. The lowest BCUT2D eigenvalue weighted by molar-refractivity contribution is -0.135. The van der Waals surface area contributed by atoms with Crippen molar-refractivity contribution in [3.8, 4) is 0 Å². The summed E-state index contributed by atoms with van der Waals surface area (Å²) in [5, 5.41) is 17.1. The molecule has 0 aliphatic carbocycles. The summed E-state index contributed by atoms with van der Waals surface area (Å²) in [5.41, 5.74) is 9.59. The van der Waals surface area contributed by atoms with Crippen LogP contribution >= 0.6 is 0 Å². The largest absolute Gasteiger partial charge is 0.365 e. The molecule has 24 nitrogen and oxygen atoms in total. The fourth-order valence-electron chi connectivity index (χ4n) is 9.68. The number of unbranched alkanes of at least 4 members (excludes halogenated alkanes) is 17. The second kappa shape index (κ2) is 35.7. The maximum Gasteiger partial charge on any atom is 0.243 e. The van der Waals surface area contributed by atoms with E-state index in [1.54, 1.807) is 30.7 Å². The number of nitrogens with zero attached hydrogens (tertiary/aromatic N) is 5. The highest BCUT2D eigenvalue weighted by atomic mass is 16.2. The topological polar surface area (TPSA) is 360 Å². The summed E-state index contributed by atoms with van der Waals surface area (Å²) in [6.07, 6.45) is 39.3. The van der Waals surface area contributed by atoms with E-state index in [9.17, 15) is 28.8 Å². The van der Waals surface area contributed by atoms with Gasteiger partial charge in [0.15, 0.2) is 0 Å². The van der Waals surface area contributed by atoms with Gasteiger partial charge in [0.2, 0.25) is 35.4 Å². The zero-order chi connectivity index (χ0) is 57.3. The number of nitrogens with two attached hydrogens (primary N) is 1. The first-order valence-corrected chi connectivity index (χ1v) is 29.1. The molecule has 440 valence electrons. The number of carbonyl (C=O) groups excluding carboxylic acids is 6. The van der Waals surface area contributed by atoms with E-state index >= 15 is 0 Å². The summed E-state index contributed by atoms with van der Waals surface area (Å²) >= 11 is 0. The summed E-state index contributed by atoms with van der Waals surface area (Å²) in [6.45, 7) is 2.70. The Labute approximate surface area is 474 Å². The van der Waals surface area contributed by atoms with Crippen LogP contribution in [0.2, 0.25) is 0 Å². The molecule has 0 fully saturated rings. The van der Waals surface area contributed by atoms with Crippen molar-refractivity contribution in [1.82, 2.24) is 86.7 Å². The van der Waals surface area contributed by atoms with Crippen molar-refractivity contribution in [2.24, 2.45) is 5.73 Å². The predicted octanol–water partition coefficient (Wildman–Crippen LogP) is 4.30. The van der Waals surface area contributed by atoms with Crippen LogP contribution in [0, 0.1) is 0 Å². The fraction of sp³-hybridized carbons (Fsp3) is 0.561. The number of rotatable bonds is 42. The third-order valence-corrected chi connectivity index (χ3v) is 14.3. The van der Waals surface area contributed by atoms with Crippen LogP contribution in [0.25, 0.3) is 0 Å². The number of imidazole rings is 5. The molecule has 0 aromatic carbocycles. The first kappa shape index (κ1) is 62.3. The molecule has 0 aliphatic rings. The standard InChI is InChI=1S/C57H86N18O6/c1-2-3-4-5-6-7-8-9-10-11-12-13-14-15-16-17-18-19-22-65-53(77)47(26-42-31-60-36-67-42)72-56(80)50(28-44-33-62-38-69-44)74-54(78)48(25-40-21-20-23-64-40)73-57(81)51(29-45-34-63-39-70-45)75-55(79)49(27-43-32-61-37-68-43)71-52(76)46(58)24-41-30-59-35-66-41/h20-21,23,30-39,46-51,64H,2-19,22,24-29,58H2,1H3,(H,59,66)(H,60,67)(H,61,68)(H,62,69)(H,63,70)(H,65,77)(H,71,76)(H,72,80)(H,73,81)(H,74,78)(H,75,79). The molecule has 14 N–H and O–H groups in total. The van der Waals surface area contributed by atoms with E-state index in [4.69, 9.17) is 5.73 Å². The molecule has 6 aromatic heterocycles. The molecule has 81 heavy (non-hydrogen) atoms. The Kier molecular flexibility index (Phi) is 27.4. The number of aromatic amines is 6. The van der Waals surface area contributed by atoms with E-state index in [1.165, 1.54) is 140 Å². The Morgan fingerprint density at radius 3 is 0.988 bits per heavy atom. The highest BCUT2D eigenvalue weighted by Gasteiger charge is 2.34. The maximum atomic E-state index is 14.7. The maximum absolute atomic E-state index is 14.7. The van der Waals surface area contributed by atoms with Crippen molar-refractivity contribution >= 4 is 35.4 Å². The molecule has 0 aliphatic heterocycles. The highest BCUT2D eigenvalue weighted by Crippen LogP contribution is 2.15. The average Bonchev–Trinajstić information content (AvgIpc) is 4.33. The van der Waals surface area contributed by atoms with Crippen LogP contribution in [0.1, 0.15) is 157 Å². The lowest BCUT2D eigenvalue weighted by Gasteiger charge is -2.27. The monoisotopic (exact) mass is 1120 g/mol. The lowest BCUT2D eigenvalue weighted by atomic mass is 10.0. The molecule has 6 amide bonds. The van der Waals surface area contributed by atoms with Crippen molar-refractivity contribution in [1.29, 1.82) is 0 Å². The summed E-state index contributed by atoms with van der Waals surface area (Å²) in [4.78, 5) is 124. The van der Waals surface area contributed by atoms with Crippen LogP contribution in [0.4, 0.5) is 0 Å². The lowest BCUT2D eigenvalue weighted by Crippen LogP contribution is -2.61. The normalized spacial score (nSPS) is 13.6. The summed E-state index contributed by atoms with van der Waals surface area (Å²) in [7, 11) is 0. The number of aromatic nitrogens is 11. The van der Waals surface area contributed by atoms with Gasteiger partial charge < -0.3 is 67.5 Å². The van der Waals surface area contributed by atoms with E-state index in [0.717, 1.165) is 25.7 Å². The first-order valence-electron chi connectivity index (χ1n) is 29.1. The molecule has 6 heterocycles. The minimum absolute atomic E-state index is 0.0333. The van der Waals surface area contributed by atoms with Gasteiger partial charge in [-0.15, -0.1) is 0 Å². The van der Waals surface area contributed by atoms with Gasteiger partial charge in [-0.1, -0.05) is 116 Å². The van der Waals surface area contributed by atoms with E-state index < -0.39 is 65.8 Å². The van der Waals surface area contributed by atoms with E-state index in [-0.39, 0.29) is 44.4 Å². The van der Waals surface area contributed by atoms with Gasteiger partial charge >= 0.3 is 0 Å². The summed E-state index contributed by atoms with van der Waals surface area (Å²) in [6, 6.07) is -3.73.